The molecule has 2 amide bonds. The lowest BCUT2D eigenvalue weighted by Gasteiger charge is -2.06. The zero-order chi connectivity index (χ0) is 31.8. The number of hydrogen-bond donors (Lipinski definition) is 4. The fourth-order valence-corrected chi connectivity index (χ4v) is 4.61. The Morgan fingerprint density at radius 1 is 0.804 bits per heavy atom. The average molecular weight is 694 g/mol. The van der Waals surface area contributed by atoms with Crippen molar-refractivity contribution in [1.29, 1.82) is 0 Å². The van der Waals surface area contributed by atoms with E-state index in [9.17, 15) is 9.59 Å². The Kier molecular flexibility index (Phi) is 9.04. The van der Waals surface area contributed by atoms with Gasteiger partial charge in [0.05, 0.1) is 12.4 Å². The molecule has 2 saturated carbocycles. The number of aryl methyl sites for hydroxylation is 2. The molecule has 7 N–H and O–H groups in total. The van der Waals surface area contributed by atoms with Crippen LogP contribution >= 0.6 is 15.9 Å². The first-order valence-electron chi connectivity index (χ1n) is 14.0. The molecule has 2 aliphatic carbocycles. The molecule has 6 aromatic rings. The third kappa shape index (κ3) is 7.31. The van der Waals surface area contributed by atoms with Crippen LogP contribution in [0.1, 0.15) is 44.6 Å². The van der Waals surface area contributed by atoms with Crippen LogP contribution in [0.2, 0.25) is 0 Å². The van der Waals surface area contributed by atoms with Gasteiger partial charge in [0, 0.05) is 11.8 Å². The number of rotatable bonds is 5. The van der Waals surface area contributed by atoms with E-state index in [1.54, 1.807) is 23.0 Å². The summed E-state index contributed by atoms with van der Waals surface area (Å²) in [5.41, 5.74) is 18.3. The van der Waals surface area contributed by atoms with E-state index in [1.807, 2.05) is 32.0 Å². The SMILES string of the molecule is C.Cc1ccc(-c2nc(Br)cn3nc(N)nc23)o1.Cc1ccc(-c2nc(NC(=O)C3CC3)cn3nc(N)nc23)o1.NC(=O)C1CC1. The van der Waals surface area contributed by atoms with Gasteiger partial charge in [-0.3, -0.25) is 9.59 Å². The molecule has 0 atom stereocenters. The lowest BCUT2D eigenvalue weighted by atomic mass is 10.3. The Hall–Kier alpha value is -5.32. The van der Waals surface area contributed by atoms with E-state index in [0.717, 1.165) is 37.2 Å². The van der Waals surface area contributed by atoms with Gasteiger partial charge in [0.1, 0.15) is 16.1 Å². The normalized spacial score (nSPS) is 13.7. The standard InChI is InChI=1S/C14H14N6O2.C10H8BrN5O.C4H7NO.CH4/c1-7-2-5-9(22-7)11-12-18-14(15)19-20(12)6-10(16-11)17-13(21)8-3-4-8;1-5-2-3-6(17-5)8-9-14-10(12)15-16(9)4-7(11)13-8;5-4(6)3-1-2-3;/h2,5-6,8H,3-4H2,1H3,(H2,15,19)(H,17,21);2-4H,1H3,(H2,12,15);3H,1-2H2,(H2,5,6);1H4. The van der Waals surface area contributed by atoms with Crippen LogP contribution < -0.4 is 22.5 Å². The maximum Gasteiger partial charge on any atom is 0.240 e. The van der Waals surface area contributed by atoms with Gasteiger partial charge in [0.2, 0.25) is 23.7 Å². The zero-order valence-corrected chi connectivity index (χ0v) is 25.9. The van der Waals surface area contributed by atoms with Crippen molar-refractivity contribution in [1.82, 2.24) is 39.2 Å². The lowest BCUT2D eigenvalue weighted by molar-refractivity contribution is -0.119. The number of anilines is 3. The number of nitrogens with two attached hydrogens (primary N) is 3. The molecule has 0 unspecified atom stereocenters. The van der Waals surface area contributed by atoms with Crippen molar-refractivity contribution in [3.05, 3.63) is 52.8 Å². The Morgan fingerprint density at radius 3 is 1.74 bits per heavy atom. The third-order valence-corrected chi connectivity index (χ3v) is 7.15. The second kappa shape index (κ2) is 13.0. The number of amides is 2. The summed E-state index contributed by atoms with van der Waals surface area (Å²) in [6.45, 7) is 3.72. The number of carbonyl (C=O) groups excluding carboxylic acids is 2. The van der Waals surface area contributed by atoms with Gasteiger partial charge in [-0.15, -0.1) is 10.2 Å². The van der Waals surface area contributed by atoms with Crippen LogP contribution in [0, 0.1) is 25.7 Å². The molecule has 8 rings (SSSR count). The van der Waals surface area contributed by atoms with Gasteiger partial charge in [-0.25, -0.2) is 19.0 Å². The first-order valence-corrected chi connectivity index (χ1v) is 14.8. The third-order valence-electron chi connectivity index (χ3n) is 6.77. The monoisotopic (exact) mass is 692 g/mol. The van der Waals surface area contributed by atoms with Gasteiger partial charge in [-0.1, -0.05) is 7.43 Å². The fraction of sp³-hybridized carbons (Fsp3) is 0.310. The predicted octanol–water partition coefficient (Wildman–Crippen LogP) is 4.18. The fourth-order valence-electron chi connectivity index (χ4n) is 4.24. The molecule has 46 heavy (non-hydrogen) atoms. The van der Waals surface area contributed by atoms with Crippen LogP contribution in [0.25, 0.3) is 34.2 Å². The van der Waals surface area contributed by atoms with E-state index in [1.165, 1.54) is 4.52 Å². The number of fused-ring (bicyclic) bond motifs is 2. The largest absolute Gasteiger partial charge is 0.460 e. The molecule has 0 bridgehead atoms. The number of nitrogen functional groups attached to an aromatic ring is 2. The summed E-state index contributed by atoms with van der Waals surface area (Å²) in [6.07, 6.45) is 7.18. The molecule has 6 aromatic heterocycles. The second-order valence-corrected chi connectivity index (χ2v) is 11.4. The van der Waals surface area contributed by atoms with Crippen LogP contribution in [0.5, 0.6) is 0 Å². The molecule has 2 fully saturated rings. The van der Waals surface area contributed by atoms with Gasteiger partial charge >= 0.3 is 0 Å². The smallest absolute Gasteiger partial charge is 0.240 e. The summed E-state index contributed by atoms with van der Waals surface area (Å²) >= 11 is 3.31. The molecule has 0 radical (unpaired) electrons. The van der Waals surface area contributed by atoms with E-state index < -0.39 is 0 Å². The van der Waals surface area contributed by atoms with Crippen molar-refractivity contribution in [2.45, 2.75) is 47.0 Å². The maximum atomic E-state index is 11.9. The number of furan rings is 2. The zero-order valence-electron chi connectivity index (χ0n) is 24.3. The quantitative estimate of drug-likeness (QED) is 0.199. The van der Waals surface area contributed by atoms with Gasteiger partial charge in [0.25, 0.3) is 0 Å². The molecule has 240 valence electrons. The lowest BCUT2D eigenvalue weighted by Crippen LogP contribution is -2.15. The van der Waals surface area contributed by atoms with Crippen LogP contribution in [0.4, 0.5) is 17.7 Å². The van der Waals surface area contributed by atoms with Crippen LogP contribution in [-0.2, 0) is 9.59 Å². The number of aromatic nitrogens is 8. The molecular weight excluding hydrogens is 660 g/mol. The Bertz CT molecular complexity index is 2040. The van der Waals surface area contributed by atoms with Crippen molar-refractivity contribution in [3.8, 4) is 22.9 Å². The highest BCUT2D eigenvalue weighted by Crippen LogP contribution is 2.31. The number of nitrogens with zero attached hydrogens (tertiary/aromatic N) is 8. The average Bonchev–Trinajstić information content (AvgIpc) is 3.86. The highest BCUT2D eigenvalue weighted by Gasteiger charge is 2.30. The molecule has 2 aliphatic rings. The van der Waals surface area contributed by atoms with Gasteiger partial charge in [-0.05, 0) is 79.7 Å². The minimum absolute atomic E-state index is 0. The first-order chi connectivity index (χ1) is 21.5. The maximum absolute atomic E-state index is 11.9. The highest BCUT2D eigenvalue weighted by molar-refractivity contribution is 9.10. The Balaban J connectivity index is 0.000000154. The van der Waals surface area contributed by atoms with E-state index in [4.69, 9.17) is 26.0 Å². The van der Waals surface area contributed by atoms with Crippen LogP contribution in [-0.4, -0.2) is 51.0 Å². The van der Waals surface area contributed by atoms with E-state index >= 15 is 0 Å². The van der Waals surface area contributed by atoms with Crippen LogP contribution in [0.3, 0.4) is 0 Å². The van der Waals surface area contributed by atoms with Gasteiger partial charge in [0.15, 0.2) is 40.0 Å². The van der Waals surface area contributed by atoms with Crippen molar-refractivity contribution >= 4 is 56.8 Å². The Morgan fingerprint density at radius 2 is 1.30 bits per heavy atom. The summed E-state index contributed by atoms with van der Waals surface area (Å²) in [4.78, 5) is 39.0. The van der Waals surface area contributed by atoms with Crippen molar-refractivity contribution in [3.63, 3.8) is 0 Å². The van der Waals surface area contributed by atoms with Crippen molar-refractivity contribution in [2.75, 3.05) is 16.8 Å². The minimum Gasteiger partial charge on any atom is -0.460 e. The molecule has 0 saturated heterocycles. The number of carbonyl (C=O) groups is 2. The minimum atomic E-state index is -0.130. The summed E-state index contributed by atoms with van der Waals surface area (Å²) in [7, 11) is 0. The summed E-state index contributed by atoms with van der Waals surface area (Å²) < 4.78 is 14.9. The van der Waals surface area contributed by atoms with Crippen molar-refractivity contribution < 1.29 is 18.4 Å². The number of halogens is 1. The second-order valence-electron chi connectivity index (χ2n) is 10.6. The Labute approximate surface area is 270 Å². The molecular formula is C29H33BrN12O4. The van der Waals surface area contributed by atoms with E-state index in [2.05, 4.69) is 51.4 Å². The summed E-state index contributed by atoms with van der Waals surface area (Å²) in [5.74, 6) is 3.68. The molecule has 0 spiro atoms. The molecule has 16 nitrogen and oxygen atoms in total. The molecule has 6 heterocycles. The van der Waals surface area contributed by atoms with E-state index in [0.29, 0.717) is 44.6 Å². The molecule has 17 heteroatoms. The summed E-state index contributed by atoms with van der Waals surface area (Å²) in [5, 5.41) is 10.9. The summed E-state index contributed by atoms with van der Waals surface area (Å²) in [6, 6.07) is 7.35. The van der Waals surface area contributed by atoms with Crippen LogP contribution in [0.15, 0.2) is 50.1 Å². The van der Waals surface area contributed by atoms with E-state index in [-0.39, 0.29) is 43.0 Å². The van der Waals surface area contributed by atoms with Gasteiger partial charge in [-0.2, -0.15) is 9.97 Å². The topological polar surface area (TPSA) is 237 Å². The number of nitrogens with one attached hydrogen (secondary N) is 1. The van der Waals surface area contributed by atoms with Crippen molar-refractivity contribution in [2.24, 2.45) is 17.6 Å². The first kappa shape index (κ1) is 32.1. The highest BCUT2D eigenvalue weighted by atomic mass is 79.9. The van der Waals surface area contributed by atoms with Gasteiger partial charge < -0.3 is 31.4 Å². The predicted molar refractivity (Wildman–Crippen MR) is 173 cm³/mol. The molecule has 0 aromatic carbocycles. The number of primary amides is 1. The number of hydrogen-bond acceptors (Lipinski definition) is 12. The molecule has 0 aliphatic heterocycles.